The molecule has 0 atom stereocenters. The molecule has 0 heterocycles. The molecule has 2 N–H and O–H groups in total. The molecule has 0 aliphatic rings. The second kappa shape index (κ2) is 4.42. The molecule has 0 unspecified atom stereocenters. The maximum absolute atomic E-state index is 5.56. The number of nitrogens with two attached hydrogens (primary N) is 1. The monoisotopic (exact) mass is 209 g/mol. The molecule has 76 valence electrons. The molecule has 0 aliphatic heterocycles. The van der Waals surface area contributed by atoms with Crippen molar-refractivity contribution in [2.24, 2.45) is 5.73 Å². The SMILES string of the molecule is COc1ccc(C(N)=S)cc1C(C)C. The average molecular weight is 209 g/mol. The summed E-state index contributed by atoms with van der Waals surface area (Å²) in [6.07, 6.45) is 0. The van der Waals surface area contributed by atoms with Crippen molar-refractivity contribution in [1.82, 2.24) is 0 Å². The zero-order valence-electron chi connectivity index (χ0n) is 8.70. The van der Waals surface area contributed by atoms with Gasteiger partial charge in [0.05, 0.1) is 7.11 Å². The van der Waals surface area contributed by atoms with Crippen LogP contribution in [0.3, 0.4) is 0 Å². The first-order chi connectivity index (χ1) is 6.56. The molecule has 0 radical (unpaired) electrons. The number of hydrogen-bond acceptors (Lipinski definition) is 2. The maximum Gasteiger partial charge on any atom is 0.122 e. The van der Waals surface area contributed by atoms with Gasteiger partial charge in [0.2, 0.25) is 0 Å². The van der Waals surface area contributed by atoms with Gasteiger partial charge in [-0.3, -0.25) is 0 Å². The van der Waals surface area contributed by atoms with Crippen LogP contribution in [0.25, 0.3) is 0 Å². The van der Waals surface area contributed by atoms with Crippen molar-refractivity contribution in [3.63, 3.8) is 0 Å². The number of ether oxygens (including phenoxy) is 1. The summed E-state index contributed by atoms with van der Waals surface area (Å²) >= 11 is 4.92. The van der Waals surface area contributed by atoms with Crippen molar-refractivity contribution in [2.45, 2.75) is 19.8 Å². The molecule has 1 aromatic rings. The van der Waals surface area contributed by atoms with Crippen LogP contribution in [0.5, 0.6) is 5.75 Å². The molecule has 1 aromatic carbocycles. The molecule has 0 saturated heterocycles. The van der Waals surface area contributed by atoms with Crippen molar-refractivity contribution in [3.8, 4) is 5.75 Å². The molecule has 14 heavy (non-hydrogen) atoms. The van der Waals surface area contributed by atoms with Crippen molar-refractivity contribution < 1.29 is 4.74 Å². The van der Waals surface area contributed by atoms with E-state index in [0.717, 1.165) is 16.9 Å². The molecule has 0 amide bonds. The molecule has 0 aliphatic carbocycles. The first-order valence-electron chi connectivity index (χ1n) is 4.54. The molecule has 1 rings (SSSR count). The fourth-order valence-corrected chi connectivity index (χ4v) is 1.47. The summed E-state index contributed by atoms with van der Waals surface area (Å²) in [7, 11) is 1.67. The summed E-state index contributed by atoms with van der Waals surface area (Å²) in [5.74, 6) is 1.29. The van der Waals surface area contributed by atoms with Crippen molar-refractivity contribution in [2.75, 3.05) is 7.11 Å². The Labute approximate surface area is 90.1 Å². The molecule has 3 heteroatoms. The zero-order valence-corrected chi connectivity index (χ0v) is 9.52. The van der Waals surface area contributed by atoms with Gasteiger partial charge >= 0.3 is 0 Å². The highest BCUT2D eigenvalue weighted by atomic mass is 32.1. The van der Waals surface area contributed by atoms with Crippen LogP contribution >= 0.6 is 12.2 Å². The van der Waals surface area contributed by atoms with Crippen molar-refractivity contribution in [3.05, 3.63) is 29.3 Å². The van der Waals surface area contributed by atoms with E-state index in [4.69, 9.17) is 22.7 Å². The normalized spacial score (nSPS) is 10.3. The van der Waals surface area contributed by atoms with Gasteiger partial charge in [0.25, 0.3) is 0 Å². The zero-order chi connectivity index (χ0) is 10.7. The Hall–Kier alpha value is -1.09. The first kappa shape index (κ1) is 11.0. The van der Waals surface area contributed by atoms with Gasteiger partial charge in [-0.2, -0.15) is 0 Å². The lowest BCUT2D eigenvalue weighted by Crippen LogP contribution is -2.10. The Balaban J connectivity index is 3.20. The van der Waals surface area contributed by atoms with Gasteiger partial charge in [-0.1, -0.05) is 26.1 Å². The predicted octanol–water partition coefficient (Wildman–Crippen LogP) is 2.45. The van der Waals surface area contributed by atoms with Crippen molar-refractivity contribution >= 4 is 17.2 Å². The lowest BCUT2D eigenvalue weighted by molar-refractivity contribution is 0.407. The smallest absolute Gasteiger partial charge is 0.122 e. The topological polar surface area (TPSA) is 35.2 Å². The van der Waals surface area contributed by atoms with Crippen LogP contribution < -0.4 is 10.5 Å². The Morgan fingerprint density at radius 1 is 1.43 bits per heavy atom. The minimum absolute atomic E-state index is 0.402. The van der Waals surface area contributed by atoms with Gasteiger partial charge in [0.1, 0.15) is 10.7 Å². The van der Waals surface area contributed by atoms with Gasteiger partial charge in [-0.05, 0) is 29.7 Å². The third kappa shape index (κ3) is 2.23. The molecule has 0 aromatic heterocycles. The Kier molecular flexibility index (Phi) is 3.47. The molecule has 0 spiro atoms. The van der Waals surface area contributed by atoms with Crippen LogP contribution in [0.15, 0.2) is 18.2 Å². The van der Waals surface area contributed by atoms with Gasteiger partial charge in [0, 0.05) is 5.56 Å². The standard InChI is InChI=1S/C11H15NOS/c1-7(2)9-6-8(11(12)14)4-5-10(9)13-3/h4-7H,1-3H3,(H2,12,14). The second-order valence-electron chi connectivity index (χ2n) is 3.48. The van der Waals surface area contributed by atoms with Crippen LogP contribution in [0.1, 0.15) is 30.9 Å². The molecule has 0 fully saturated rings. The lowest BCUT2D eigenvalue weighted by atomic mass is 9.99. The van der Waals surface area contributed by atoms with Gasteiger partial charge in [0.15, 0.2) is 0 Å². The van der Waals surface area contributed by atoms with Gasteiger partial charge < -0.3 is 10.5 Å². The summed E-state index contributed by atoms with van der Waals surface area (Å²) in [6, 6.07) is 5.78. The minimum Gasteiger partial charge on any atom is -0.496 e. The van der Waals surface area contributed by atoms with E-state index in [2.05, 4.69) is 13.8 Å². The van der Waals surface area contributed by atoms with Gasteiger partial charge in [-0.15, -0.1) is 0 Å². The van der Waals surface area contributed by atoms with Crippen LogP contribution in [0.4, 0.5) is 0 Å². The third-order valence-corrected chi connectivity index (χ3v) is 2.37. The van der Waals surface area contributed by atoms with Crippen molar-refractivity contribution in [1.29, 1.82) is 0 Å². The lowest BCUT2D eigenvalue weighted by Gasteiger charge is -2.12. The fourth-order valence-electron chi connectivity index (χ4n) is 1.34. The molecular formula is C11H15NOS. The summed E-state index contributed by atoms with van der Waals surface area (Å²) < 4.78 is 5.26. The van der Waals surface area contributed by atoms with E-state index in [9.17, 15) is 0 Å². The van der Waals surface area contributed by atoms with E-state index in [1.54, 1.807) is 7.11 Å². The van der Waals surface area contributed by atoms with E-state index < -0.39 is 0 Å². The summed E-state index contributed by atoms with van der Waals surface area (Å²) in [6.45, 7) is 4.22. The number of rotatable bonds is 3. The van der Waals surface area contributed by atoms with Crippen LogP contribution in [0, 0.1) is 0 Å². The largest absolute Gasteiger partial charge is 0.496 e. The van der Waals surface area contributed by atoms with E-state index in [0.29, 0.717) is 10.9 Å². The molecule has 0 bridgehead atoms. The van der Waals surface area contributed by atoms with Gasteiger partial charge in [-0.25, -0.2) is 0 Å². The molecule has 2 nitrogen and oxygen atoms in total. The Morgan fingerprint density at radius 2 is 2.07 bits per heavy atom. The summed E-state index contributed by atoms with van der Waals surface area (Å²) in [5, 5.41) is 0. The van der Waals surface area contributed by atoms with E-state index in [-0.39, 0.29) is 0 Å². The fraction of sp³-hybridized carbons (Fsp3) is 0.364. The number of methoxy groups -OCH3 is 1. The van der Waals surface area contributed by atoms with Crippen LogP contribution in [0.2, 0.25) is 0 Å². The van der Waals surface area contributed by atoms with E-state index >= 15 is 0 Å². The summed E-state index contributed by atoms with van der Waals surface area (Å²) in [5.41, 5.74) is 7.59. The average Bonchev–Trinajstić information content (AvgIpc) is 2.16. The molecular weight excluding hydrogens is 194 g/mol. The predicted molar refractivity (Wildman–Crippen MR) is 63.0 cm³/mol. The number of hydrogen-bond donors (Lipinski definition) is 1. The van der Waals surface area contributed by atoms with E-state index in [1.807, 2.05) is 18.2 Å². The highest BCUT2D eigenvalue weighted by Crippen LogP contribution is 2.27. The minimum atomic E-state index is 0.402. The highest BCUT2D eigenvalue weighted by Gasteiger charge is 2.08. The highest BCUT2D eigenvalue weighted by molar-refractivity contribution is 7.80. The summed E-state index contributed by atoms with van der Waals surface area (Å²) in [4.78, 5) is 0.426. The first-order valence-corrected chi connectivity index (χ1v) is 4.94. The Bertz CT molecular complexity index is 347. The number of benzene rings is 1. The second-order valence-corrected chi connectivity index (χ2v) is 3.92. The Morgan fingerprint density at radius 3 is 2.50 bits per heavy atom. The maximum atomic E-state index is 5.56. The van der Waals surface area contributed by atoms with Crippen LogP contribution in [-0.4, -0.2) is 12.1 Å². The van der Waals surface area contributed by atoms with E-state index in [1.165, 1.54) is 0 Å². The van der Waals surface area contributed by atoms with Crippen LogP contribution in [-0.2, 0) is 0 Å². The quantitative estimate of drug-likeness (QED) is 0.777. The third-order valence-electron chi connectivity index (χ3n) is 2.14. The molecule has 0 saturated carbocycles. The number of thiocarbonyl (C=S) groups is 1.